The number of nitrogens with zero attached hydrogens (tertiary/aromatic N) is 5. The normalized spacial score (nSPS) is 22.7. The van der Waals surface area contributed by atoms with Crippen molar-refractivity contribution in [3.63, 3.8) is 0 Å². The van der Waals surface area contributed by atoms with Crippen LogP contribution in [0.1, 0.15) is 109 Å². The lowest BCUT2D eigenvalue weighted by atomic mass is 9.68. The van der Waals surface area contributed by atoms with E-state index in [0.717, 1.165) is 69.0 Å². The second kappa shape index (κ2) is 16.3. The molecule has 12 nitrogen and oxygen atoms in total. The Morgan fingerprint density at radius 3 is 2.13 bits per heavy atom. The van der Waals surface area contributed by atoms with Crippen LogP contribution in [0.25, 0.3) is 4.85 Å². The van der Waals surface area contributed by atoms with Crippen LogP contribution in [-0.2, 0) is 9.59 Å². The summed E-state index contributed by atoms with van der Waals surface area (Å²) in [6, 6.07) is 17.8. The molecule has 4 saturated heterocycles. The summed E-state index contributed by atoms with van der Waals surface area (Å²) < 4.78 is 6.53. The Hall–Kier alpha value is -5.25. The zero-order valence-corrected chi connectivity index (χ0v) is 35.6. The molecule has 4 fully saturated rings. The molecule has 0 radical (unpaired) electrons. The third kappa shape index (κ3) is 8.14. The van der Waals surface area contributed by atoms with Gasteiger partial charge in [-0.3, -0.25) is 34.2 Å². The molecule has 1 atom stereocenters. The van der Waals surface area contributed by atoms with Crippen molar-refractivity contribution in [3.8, 4) is 5.75 Å². The van der Waals surface area contributed by atoms with Gasteiger partial charge in [0.05, 0.1) is 22.7 Å². The molecule has 0 spiro atoms. The number of piperidine rings is 4. The van der Waals surface area contributed by atoms with Crippen molar-refractivity contribution < 1.29 is 28.7 Å². The second-order valence-corrected chi connectivity index (χ2v) is 19.1. The number of hydrogen-bond donors (Lipinski definition) is 1. The molecule has 0 aromatic heterocycles. The zero-order valence-electron chi connectivity index (χ0n) is 34.8. The lowest BCUT2D eigenvalue weighted by Crippen LogP contribution is -2.61. The Kier molecular flexibility index (Phi) is 11.3. The number of amides is 5. The number of carbonyl (C=O) groups is 5. The number of rotatable bonds is 8. The SMILES string of the molecule is [C-]#[N+]c1ccc(OC2C(C)(C)CN(C(=O)c3ccc(C4CCN(CC5CCN(c6ccc7c(c6)C(=O)N(C6CCC(=O)NC6=O)C7=O)CC5)CC4)cc3)CC2(C)C)cc1Cl. The van der Waals surface area contributed by atoms with Gasteiger partial charge in [0.1, 0.15) is 17.9 Å². The molecule has 8 rings (SSSR count). The van der Waals surface area contributed by atoms with Crippen LogP contribution in [0.2, 0.25) is 5.02 Å². The largest absolute Gasteiger partial charge is 0.489 e. The van der Waals surface area contributed by atoms with Gasteiger partial charge in [0.25, 0.3) is 17.7 Å². The fourth-order valence-corrected chi connectivity index (χ4v) is 10.7. The summed E-state index contributed by atoms with van der Waals surface area (Å²) in [4.78, 5) is 75.8. The molecule has 5 amide bonds. The number of ether oxygens (including phenoxy) is 1. The van der Waals surface area contributed by atoms with E-state index in [1.807, 2.05) is 23.1 Å². The summed E-state index contributed by atoms with van der Waals surface area (Å²) in [6.07, 6.45) is 4.28. The lowest BCUT2D eigenvalue weighted by molar-refractivity contribution is -0.136. The maximum absolute atomic E-state index is 13.9. The highest BCUT2D eigenvalue weighted by Crippen LogP contribution is 2.44. The number of halogens is 1. The minimum Gasteiger partial charge on any atom is -0.489 e. The molecule has 0 bridgehead atoms. The third-order valence-electron chi connectivity index (χ3n) is 13.3. The molecular formula is C47H53ClN6O6. The highest BCUT2D eigenvalue weighted by atomic mass is 35.5. The van der Waals surface area contributed by atoms with Crippen LogP contribution in [0.15, 0.2) is 60.7 Å². The average Bonchev–Trinajstić information content (AvgIpc) is 3.47. The predicted molar refractivity (Wildman–Crippen MR) is 229 cm³/mol. The van der Waals surface area contributed by atoms with Gasteiger partial charge in [-0.25, -0.2) is 4.85 Å². The second-order valence-electron chi connectivity index (χ2n) is 18.7. The Balaban J connectivity index is 0.802. The fourth-order valence-electron chi connectivity index (χ4n) is 10.4. The first-order valence-electron chi connectivity index (χ1n) is 21.2. The summed E-state index contributed by atoms with van der Waals surface area (Å²) in [7, 11) is 0. The quantitative estimate of drug-likeness (QED) is 0.185. The number of anilines is 1. The number of imide groups is 2. The molecule has 1 unspecified atom stereocenters. The lowest BCUT2D eigenvalue weighted by Gasteiger charge is -2.52. The van der Waals surface area contributed by atoms with Crippen molar-refractivity contribution >= 4 is 52.5 Å². The minimum atomic E-state index is -0.969. The molecule has 314 valence electrons. The molecule has 13 heteroatoms. The van der Waals surface area contributed by atoms with E-state index in [1.165, 1.54) is 5.56 Å². The van der Waals surface area contributed by atoms with E-state index in [9.17, 15) is 24.0 Å². The van der Waals surface area contributed by atoms with Crippen molar-refractivity contribution in [3.05, 3.63) is 99.4 Å². The van der Waals surface area contributed by atoms with Gasteiger partial charge in [0.15, 0.2) is 0 Å². The highest BCUT2D eigenvalue weighted by molar-refractivity contribution is 6.33. The van der Waals surface area contributed by atoms with Crippen LogP contribution >= 0.6 is 11.6 Å². The monoisotopic (exact) mass is 832 g/mol. The number of hydrogen-bond acceptors (Lipinski definition) is 8. The molecule has 5 heterocycles. The van der Waals surface area contributed by atoms with Gasteiger partial charge >= 0.3 is 0 Å². The number of nitrogens with one attached hydrogen (secondary N) is 1. The Labute approximate surface area is 357 Å². The number of likely N-dealkylation sites (tertiary alicyclic amines) is 2. The Morgan fingerprint density at radius 1 is 0.833 bits per heavy atom. The molecule has 5 aliphatic rings. The van der Waals surface area contributed by atoms with Gasteiger partial charge in [-0.05, 0) is 105 Å². The molecule has 5 aliphatic heterocycles. The number of carbonyl (C=O) groups excluding carboxylic acids is 5. The van der Waals surface area contributed by atoms with E-state index < -0.39 is 23.8 Å². The maximum atomic E-state index is 13.9. The molecule has 1 N–H and O–H groups in total. The van der Waals surface area contributed by atoms with Gasteiger partial charge in [-0.15, -0.1) is 0 Å². The van der Waals surface area contributed by atoms with Crippen LogP contribution in [-0.4, -0.2) is 102 Å². The summed E-state index contributed by atoms with van der Waals surface area (Å²) in [5.41, 5.74) is 3.21. The van der Waals surface area contributed by atoms with E-state index in [1.54, 1.807) is 30.3 Å². The number of benzene rings is 3. The average molecular weight is 833 g/mol. The van der Waals surface area contributed by atoms with E-state index in [0.29, 0.717) is 58.1 Å². The van der Waals surface area contributed by atoms with E-state index in [2.05, 4.69) is 59.8 Å². The fraction of sp³-hybridized carbons (Fsp3) is 0.489. The van der Waals surface area contributed by atoms with Gasteiger partial charge in [-0.1, -0.05) is 57.5 Å². The third-order valence-corrected chi connectivity index (χ3v) is 13.6. The van der Waals surface area contributed by atoms with Crippen LogP contribution in [0, 0.1) is 23.3 Å². The van der Waals surface area contributed by atoms with Gasteiger partial charge in [-0.2, -0.15) is 0 Å². The molecule has 3 aromatic rings. The zero-order chi connectivity index (χ0) is 42.5. The summed E-state index contributed by atoms with van der Waals surface area (Å²) in [5, 5.41) is 2.62. The first-order chi connectivity index (χ1) is 28.6. The maximum Gasteiger partial charge on any atom is 0.262 e. The van der Waals surface area contributed by atoms with Gasteiger partial charge in [0, 0.05) is 61.2 Å². The summed E-state index contributed by atoms with van der Waals surface area (Å²) >= 11 is 6.31. The van der Waals surface area contributed by atoms with Crippen molar-refractivity contribution in [2.24, 2.45) is 16.7 Å². The molecular weight excluding hydrogens is 780 g/mol. The van der Waals surface area contributed by atoms with Crippen LogP contribution in [0.4, 0.5) is 11.4 Å². The van der Waals surface area contributed by atoms with E-state index in [-0.39, 0.29) is 41.6 Å². The molecule has 60 heavy (non-hydrogen) atoms. The Bertz CT molecular complexity index is 2230. The summed E-state index contributed by atoms with van der Waals surface area (Å²) in [5.74, 6) is -0.269. The first kappa shape index (κ1) is 41.5. The molecule has 0 saturated carbocycles. The predicted octanol–water partition coefficient (Wildman–Crippen LogP) is 7.34. The topological polar surface area (TPSA) is 124 Å². The van der Waals surface area contributed by atoms with Crippen LogP contribution in [0.3, 0.4) is 0 Å². The minimum absolute atomic E-state index is 0.0302. The van der Waals surface area contributed by atoms with Gasteiger partial charge in [0.2, 0.25) is 17.5 Å². The van der Waals surface area contributed by atoms with Gasteiger partial charge < -0.3 is 19.4 Å². The number of fused-ring (bicyclic) bond motifs is 1. The summed E-state index contributed by atoms with van der Waals surface area (Å²) in [6.45, 7) is 21.8. The van der Waals surface area contributed by atoms with Crippen molar-refractivity contribution in [1.82, 2.24) is 20.0 Å². The Morgan fingerprint density at radius 2 is 1.50 bits per heavy atom. The molecule has 3 aromatic carbocycles. The first-order valence-corrected chi connectivity index (χ1v) is 21.6. The van der Waals surface area contributed by atoms with Crippen molar-refractivity contribution in [2.75, 3.05) is 50.7 Å². The highest BCUT2D eigenvalue weighted by Gasteiger charge is 2.50. The van der Waals surface area contributed by atoms with Crippen molar-refractivity contribution in [2.45, 2.75) is 84.3 Å². The van der Waals surface area contributed by atoms with Crippen LogP contribution in [0.5, 0.6) is 5.75 Å². The van der Waals surface area contributed by atoms with Crippen LogP contribution < -0.4 is 15.0 Å². The smallest absolute Gasteiger partial charge is 0.262 e. The van der Waals surface area contributed by atoms with Crippen molar-refractivity contribution in [1.29, 1.82) is 0 Å². The standard InChI is InChI=1S/C47H53ClN6O6/c1-46(2)27-53(28-47(3,4)45(46)60-34-11-13-38(49-5)37(48)25-34)42(57)32-8-6-30(7-9-32)31-18-20-51(21-19-31)26-29-16-22-52(23-17-29)33-10-12-35-36(24-33)44(59)54(43(35)58)39-14-15-40(55)50-41(39)56/h6-13,24-25,29,31,39,45H,14-23,26-28H2,1-4H3,(H,50,55,56). The van der Waals surface area contributed by atoms with E-state index >= 15 is 0 Å². The molecule has 0 aliphatic carbocycles. The van der Waals surface area contributed by atoms with E-state index in [4.69, 9.17) is 22.9 Å².